The third-order valence-corrected chi connectivity index (χ3v) is 4.30. The monoisotopic (exact) mass is 330 g/mol. The Labute approximate surface area is 136 Å². The molecule has 0 aromatic heterocycles. The van der Waals surface area contributed by atoms with E-state index in [4.69, 9.17) is 0 Å². The van der Waals surface area contributed by atoms with Gasteiger partial charge in [0.15, 0.2) is 5.17 Å². The highest BCUT2D eigenvalue weighted by molar-refractivity contribution is 8.18. The molecule has 1 heterocycles. The second kappa shape index (κ2) is 6.34. The van der Waals surface area contributed by atoms with Crippen molar-refractivity contribution in [2.45, 2.75) is 0 Å². The Kier molecular flexibility index (Phi) is 4.25. The molecule has 0 unspecified atom stereocenters. The van der Waals surface area contributed by atoms with Crippen LogP contribution in [0.15, 0.2) is 58.4 Å². The molecule has 0 N–H and O–H groups in total. The van der Waals surface area contributed by atoms with E-state index in [-0.39, 0.29) is 17.4 Å². The average molecular weight is 330 g/mol. The summed E-state index contributed by atoms with van der Waals surface area (Å²) in [6.07, 6.45) is 1.66. The van der Waals surface area contributed by atoms with Gasteiger partial charge in [-0.05, 0) is 47.7 Å². The third kappa shape index (κ3) is 3.32. The lowest BCUT2D eigenvalue weighted by atomic mass is 10.2. The summed E-state index contributed by atoms with van der Waals surface area (Å²) in [5.41, 5.74) is 0.889. The molecule has 0 spiro atoms. The molecule has 3 nitrogen and oxygen atoms in total. The van der Waals surface area contributed by atoms with Crippen LogP contribution in [0.25, 0.3) is 6.08 Å². The summed E-state index contributed by atoms with van der Waals surface area (Å²) in [5.74, 6) is -1.01. The molecule has 0 aliphatic carbocycles. The lowest BCUT2D eigenvalue weighted by Crippen LogP contribution is -2.23. The van der Waals surface area contributed by atoms with E-state index in [1.807, 2.05) is 0 Å². The Morgan fingerprint density at radius 3 is 2.48 bits per heavy atom. The minimum atomic E-state index is -0.447. The lowest BCUT2D eigenvalue weighted by Gasteiger charge is -2.07. The fraction of sp³-hybridized carbons (Fsp3) is 0.0588. The van der Waals surface area contributed by atoms with Gasteiger partial charge in [-0.1, -0.05) is 24.3 Å². The molecule has 3 rings (SSSR count). The molecule has 1 saturated heterocycles. The first-order valence-electron chi connectivity index (χ1n) is 6.81. The van der Waals surface area contributed by atoms with Crippen LogP contribution in [0.1, 0.15) is 5.56 Å². The van der Waals surface area contributed by atoms with E-state index in [0.29, 0.717) is 15.6 Å². The predicted octanol–water partition coefficient (Wildman–Crippen LogP) is 4.20. The summed E-state index contributed by atoms with van der Waals surface area (Å²) < 4.78 is 26.6. The second-order valence-electron chi connectivity index (χ2n) is 4.87. The van der Waals surface area contributed by atoms with Crippen molar-refractivity contribution >= 4 is 34.6 Å². The Bertz CT molecular complexity index is 816. The maximum absolute atomic E-state index is 13.7. The van der Waals surface area contributed by atoms with Crippen LogP contribution in [-0.2, 0) is 4.79 Å². The first-order valence-corrected chi connectivity index (χ1v) is 7.62. The molecule has 0 radical (unpaired) electrons. The van der Waals surface area contributed by atoms with Gasteiger partial charge in [0.1, 0.15) is 17.3 Å². The number of carbonyl (C=O) groups excluding carboxylic acids is 1. The van der Waals surface area contributed by atoms with E-state index in [9.17, 15) is 13.6 Å². The quantitative estimate of drug-likeness (QED) is 0.773. The third-order valence-electron chi connectivity index (χ3n) is 3.24. The van der Waals surface area contributed by atoms with E-state index >= 15 is 0 Å². The number of halogens is 2. The van der Waals surface area contributed by atoms with Crippen LogP contribution in [0, 0.1) is 11.6 Å². The van der Waals surface area contributed by atoms with E-state index < -0.39 is 5.82 Å². The van der Waals surface area contributed by atoms with Crippen molar-refractivity contribution in [1.82, 2.24) is 4.90 Å². The number of amidine groups is 1. The molecule has 1 aliphatic heterocycles. The van der Waals surface area contributed by atoms with Gasteiger partial charge in [-0.3, -0.25) is 9.69 Å². The largest absolute Gasteiger partial charge is 0.290 e. The molecule has 116 valence electrons. The molecule has 23 heavy (non-hydrogen) atoms. The number of amides is 1. The zero-order valence-corrected chi connectivity index (χ0v) is 13.0. The van der Waals surface area contributed by atoms with Crippen LogP contribution in [0.5, 0.6) is 0 Å². The van der Waals surface area contributed by atoms with Gasteiger partial charge in [0.25, 0.3) is 5.91 Å². The van der Waals surface area contributed by atoms with Crippen molar-refractivity contribution in [3.63, 3.8) is 0 Å². The zero-order chi connectivity index (χ0) is 16.4. The van der Waals surface area contributed by atoms with E-state index in [0.717, 1.165) is 11.8 Å². The maximum Gasteiger partial charge on any atom is 0.266 e. The van der Waals surface area contributed by atoms with E-state index in [2.05, 4.69) is 4.99 Å². The molecule has 0 bridgehead atoms. The summed E-state index contributed by atoms with van der Waals surface area (Å²) in [5, 5.41) is 0.397. The Balaban J connectivity index is 1.91. The molecule has 0 saturated carbocycles. The van der Waals surface area contributed by atoms with Gasteiger partial charge in [-0.2, -0.15) is 0 Å². The van der Waals surface area contributed by atoms with Gasteiger partial charge in [0.05, 0.1) is 4.91 Å². The van der Waals surface area contributed by atoms with Gasteiger partial charge in [0, 0.05) is 7.05 Å². The number of aliphatic imine (C=N–C) groups is 1. The highest BCUT2D eigenvalue weighted by Crippen LogP contribution is 2.33. The van der Waals surface area contributed by atoms with Crippen molar-refractivity contribution in [2.24, 2.45) is 4.99 Å². The highest BCUT2D eigenvalue weighted by Gasteiger charge is 2.30. The van der Waals surface area contributed by atoms with Crippen molar-refractivity contribution < 1.29 is 13.6 Å². The van der Waals surface area contributed by atoms with E-state index in [1.54, 1.807) is 43.5 Å². The number of benzene rings is 2. The van der Waals surface area contributed by atoms with Crippen LogP contribution in [0.3, 0.4) is 0 Å². The summed E-state index contributed by atoms with van der Waals surface area (Å²) >= 11 is 1.16. The number of nitrogens with zero attached hydrogens (tertiary/aromatic N) is 2. The van der Waals surface area contributed by atoms with Gasteiger partial charge in [-0.25, -0.2) is 13.8 Å². The van der Waals surface area contributed by atoms with Crippen LogP contribution in [0.2, 0.25) is 0 Å². The highest BCUT2D eigenvalue weighted by atomic mass is 32.2. The fourth-order valence-corrected chi connectivity index (χ4v) is 2.99. The summed E-state index contributed by atoms with van der Waals surface area (Å²) in [4.78, 5) is 18.3. The minimum Gasteiger partial charge on any atom is -0.290 e. The Morgan fingerprint density at radius 1 is 1.09 bits per heavy atom. The van der Waals surface area contributed by atoms with E-state index in [1.165, 1.54) is 23.1 Å². The molecule has 1 aliphatic rings. The predicted molar refractivity (Wildman–Crippen MR) is 88.2 cm³/mol. The van der Waals surface area contributed by atoms with Gasteiger partial charge >= 0.3 is 0 Å². The molecule has 6 heteroatoms. The van der Waals surface area contributed by atoms with Crippen LogP contribution >= 0.6 is 11.8 Å². The molecular weight excluding hydrogens is 318 g/mol. The SMILES string of the molecule is CN1C(=O)/C(=C\c2ccc(F)cc2)SC1=Nc1ccccc1F. The Morgan fingerprint density at radius 2 is 1.78 bits per heavy atom. The summed E-state index contributed by atoms with van der Waals surface area (Å²) in [7, 11) is 1.58. The summed E-state index contributed by atoms with van der Waals surface area (Å²) in [6.45, 7) is 0. The number of hydrogen-bond acceptors (Lipinski definition) is 3. The molecule has 2 aromatic carbocycles. The number of likely N-dealkylation sites (N-methyl/N-ethyl adjacent to an activating group) is 1. The zero-order valence-electron chi connectivity index (χ0n) is 12.2. The molecular formula is C17H12F2N2OS. The van der Waals surface area contributed by atoms with Crippen molar-refractivity contribution in [2.75, 3.05) is 7.05 Å². The molecule has 1 amide bonds. The van der Waals surface area contributed by atoms with Crippen molar-refractivity contribution in [3.05, 3.63) is 70.6 Å². The molecule has 2 aromatic rings. The number of carbonyl (C=O) groups is 1. The van der Waals surface area contributed by atoms with Crippen molar-refractivity contribution in [1.29, 1.82) is 0 Å². The first kappa shape index (κ1) is 15.4. The smallest absolute Gasteiger partial charge is 0.266 e. The van der Waals surface area contributed by atoms with Crippen LogP contribution in [0.4, 0.5) is 14.5 Å². The lowest BCUT2D eigenvalue weighted by molar-refractivity contribution is -0.121. The number of thioether (sulfide) groups is 1. The molecule has 1 fully saturated rings. The number of para-hydroxylation sites is 1. The number of hydrogen-bond donors (Lipinski definition) is 0. The minimum absolute atomic E-state index is 0.178. The van der Waals surface area contributed by atoms with Gasteiger partial charge < -0.3 is 0 Å². The van der Waals surface area contributed by atoms with Crippen molar-refractivity contribution in [3.8, 4) is 0 Å². The summed E-state index contributed by atoms with van der Waals surface area (Å²) in [6, 6.07) is 11.9. The average Bonchev–Trinajstić information content (AvgIpc) is 2.80. The van der Waals surface area contributed by atoms with Crippen LogP contribution in [-0.4, -0.2) is 23.0 Å². The molecule has 0 atom stereocenters. The maximum atomic E-state index is 13.7. The van der Waals surface area contributed by atoms with Gasteiger partial charge in [-0.15, -0.1) is 0 Å². The fourth-order valence-electron chi connectivity index (χ4n) is 2.01. The normalized spacial score (nSPS) is 18.2. The van der Waals surface area contributed by atoms with Crippen LogP contribution < -0.4 is 0 Å². The first-order chi connectivity index (χ1) is 11.0. The topological polar surface area (TPSA) is 32.7 Å². The second-order valence-corrected chi connectivity index (χ2v) is 5.88. The number of rotatable bonds is 2. The Hall–Kier alpha value is -2.47. The standard InChI is InChI=1S/C17H12F2N2OS/c1-21-16(22)15(10-11-6-8-12(18)9-7-11)23-17(21)20-14-5-3-2-4-13(14)19/h2-10H,1H3/b15-10+,20-17?. The van der Waals surface area contributed by atoms with Gasteiger partial charge in [0.2, 0.25) is 0 Å².